The van der Waals surface area contributed by atoms with Crippen LogP contribution in [0.4, 0.5) is 0 Å². The van der Waals surface area contributed by atoms with Crippen molar-refractivity contribution >= 4 is 11.9 Å². The van der Waals surface area contributed by atoms with Crippen LogP contribution in [0.2, 0.25) is 0 Å². The number of hydrogen-bond acceptors (Lipinski definition) is 5. The number of aliphatic hydroxyl groups is 2. The van der Waals surface area contributed by atoms with Gasteiger partial charge in [0.25, 0.3) is 0 Å². The summed E-state index contributed by atoms with van der Waals surface area (Å²) in [6, 6.07) is -0.627. The highest BCUT2D eigenvalue weighted by Crippen LogP contribution is 2.20. The number of esters is 1. The molecule has 0 aliphatic rings. The van der Waals surface area contributed by atoms with Crippen LogP contribution in [0.5, 0.6) is 0 Å². The molecule has 0 aromatic carbocycles. The van der Waals surface area contributed by atoms with E-state index in [0.29, 0.717) is 19.4 Å². The monoisotopic (exact) mass is 1180 g/mol. The molecule has 2 unspecified atom stereocenters. The molecule has 0 rings (SSSR count). The van der Waals surface area contributed by atoms with E-state index < -0.39 is 12.1 Å². The van der Waals surface area contributed by atoms with Gasteiger partial charge in [0.15, 0.2) is 0 Å². The Hall–Kier alpha value is -1.66. The molecule has 0 bridgehead atoms. The number of carbonyl (C=O) groups is 2. The second-order valence-corrected chi connectivity index (χ2v) is 26.7. The van der Waals surface area contributed by atoms with E-state index in [1.54, 1.807) is 6.08 Å². The zero-order chi connectivity index (χ0) is 60.6. The molecule has 0 aliphatic heterocycles. The summed E-state index contributed by atoms with van der Waals surface area (Å²) < 4.78 is 5.50. The van der Waals surface area contributed by atoms with Crippen molar-refractivity contribution < 1.29 is 24.5 Å². The third kappa shape index (κ3) is 69.4. The van der Waals surface area contributed by atoms with E-state index in [-0.39, 0.29) is 18.5 Å². The van der Waals surface area contributed by atoms with Gasteiger partial charge in [-0.15, -0.1) is 0 Å². The summed E-state index contributed by atoms with van der Waals surface area (Å²) in [6.07, 6.45) is 94.3. The molecule has 0 saturated carbocycles. The van der Waals surface area contributed by atoms with E-state index >= 15 is 0 Å². The molecule has 0 aromatic rings. The normalized spacial score (nSPS) is 12.6. The van der Waals surface area contributed by atoms with Crippen molar-refractivity contribution in [2.24, 2.45) is 0 Å². The average molecular weight is 1180 g/mol. The second kappa shape index (κ2) is 73.8. The minimum atomic E-state index is -0.844. The van der Waals surface area contributed by atoms with Crippen LogP contribution < -0.4 is 5.32 Å². The van der Waals surface area contributed by atoms with Crippen LogP contribution in [0, 0.1) is 0 Å². The topological polar surface area (TPSA) is 95.9 Å². The molecule has 0 saturated heterocycles. The van der Waals surface area contributed by atoms with Gasteiger partial charge in [0.05, 0.1) is 25.4 Å². The summed E-state index contributed by atoms with van der Waals surface area (Å²) in [7, 11) is 0. The Kier molecular flexibility index (Phi) is 72.3. The quantitative estimate of drug-likeness (QED) is 0.0320. The predicted octanol–water partition coefficient (Wildman–Crippen LogP) is 25.3. The molecule has 0 aliphatic carbocycles. The number of ether oxygens (including phenoxy) is 1. The van der Waals surface area contributed by atoms with Crippen LogP contribution in [0.15, 0.2) is 24.3 Å². The average Bonchev–Trinajstić information content (AvgIpc) is 3.51. The number of carbonyl (C=O) groups excluding carboxylic acids is 2. The molecule has 0 fully saturated rings. The Bertz CT molecular complexity index is 1320. The maximum atomic E-state index is 12.6. The fourth-order valence-corrected chi connectivity index (χ4v) is 12.3. The van der Waals surface area contributed by atoms with Gasteiger partial charge in [0.2, 0.25) is 5.91 Å². The molecule has 0 spiro atoms. The summed E-state index contributed by atoms with van der Waals surface area (Å²) in [6.45, 7) is 4.95. The number of aliphatic hydroxyl groups excluding tert-OH is 2. The third-order valence-electron chi connectivity index (χ3n) is 18.2. The van der Waals surface area contributed by atoms with Gasteiger partial charge in [-0.2, -0.15) is 0 Å². The standard InChI is InChI=1S/C78H151NO5/c1-3-5-7-9-11-13-15-17-19-21-22-23-24-30-33-36-39-42-46-50-54-58-62-66-70-76(81)75(74-80)79-77(82)71-67-63-59-55-51-47-43-40-37-34-31-28-26-25-27-29-32-35-38-41-45-49-53-57-61-65-69-73-84-78(83)72-68-64-60-56-52-48-44-20-18-16-14-12-10-8-6-4-2/h20,44,66,70,75-76,80-81H,3-19,21-43,45-65,67-69,71-74H2,1-2H3,(H,79,82)/b44-20-,70-66+. The fourth-order valence-electron chi connectivity index (χ4n) is 12.3. The molecule has 2 atom stereocenters. The van der Waals surface area contributed by atoms with Crippen molar-refractivity contribution in [3.05, 3.63) is 24.3 Å². The molecule has 0 heterocycles. The Morgan fingerprint density at radius 3 is 0.845 bits per heavy atom. The van der Waals surface area contributed by atoms with Crippen LogP contribution in [-0.2, 0) is 14.3 Å². The highest BCUT2D eigenvalue weighted by atomic mass is 16.5. The zero-order valence-corrected chi connectivity index (χ0v) is 57.2. The van der Waals surface area contributed by atoms with Crippen molar-refractivity contribution in [2.45, 2.75) is 450 Å². The van der Waals surface area contributed by atoms with Gasteiger partial charge < -0.3 is 20.3 Å². The van der Waals surface area contributed by atoms with Crippen molar-refractivity contribution in [3.63, 3.8) is 0 Å². The summed E-state index contributed by atoms with van der Waals surface area (Å²) >= 11 is 0. The summed E-state index contributed by atoms with van der Waals surface area (Å²) in [5.74, 6) is -0.0488. The van der Waals surface area contributed by atoms with E-state index in [1.165, 1.54) is 366 Å². The van der Waals surface area contributed by atoms with Gasteiger partial charge in [-0.05, 0) is 57.8 Å². The summed E-state index contributed by atoms with van der Waals surface area (Å²) in [4.78, 5) is 24.6. The smallest absolute Gasteiger partial charge is 0.305 e. The zero-order valence-electron chi connectivity index (χ0n) is 57.2. The van der Waals surface area contributed by atoms with E-state index in [1.807, 2.05) is 6.08 Å². The van der Waals surface area contributed by atoms with E-state index in [9.17, 15) is 19.8 Å². The molecule has 6 heteroatoms. The van der Waals surface area contributed by atoms with Gasteiger partial charge in [-0.3, -0.25) is 9.59 Å². The summed E-state index contributed by atoms with van der Waals surface area (Å²) in [5.41, 5.74) is 0. The van der Waals surface area contributed by atoms with E-state index in [0.717, 1.165) is 44.9 Å². The van der Waals surface area contributed by atoms with Gasteiger partial charge in [-0.1, -0.05) is 391 Å². The molecule has 1 amide bonds. The first kappa shape index (κ1) is 82.3. The Morgan fingerprint density at radius 1 is 0.321 bits per heavy atom. The van der Waals surface area contributed by atoms with Crippen molar-refractivity contribution in [2.75, 3.05) is 13.2 Å². The molecule has 84 heavy (non-hydrogen) atoms. The minimum Gasteiger partial charge on any atom is -0.466 e. The van der Waals surface area contributed by atoms with Crippen LogP contribution in [-0.4, -0.2) is 47.4 Å². The largest absolute Gasteiger partial charge is 0.466 e. The molecule has 3 N–H and O–H groups in total. The highest BCUT2D eigenvalue weighted by Gasteiger charge is 2.18. The maximum Gasteiger partial charge on any atom is 0.305 e. The van der Waals surface area contributed by atoms with Crippen molar-refractivity contribution in [1.82, 2.24) is 5.32 Å². The Labute approximate surface area is 526 Å². The number of amides is 1. The Balaban J connectivity index is 3.37. The van der Waals surface area contributed by atoms with Gasteiger partial charge in [0, 0.05) is 12.8 Å². The molecule has 0 radical (unpaired) electrons. The van der Waals surface area contributed by atoms with Crippen molar-refractivity contribution in [1.29, 1.82) is 0 Å². The number of hydrogen-bond donors (Lipinski definition) is 3. The first-order valence-corrected chi connectivity index (χ1v) is 38.6. The lowest BCUT2D eigenvalue weighted by Crippen LogP contribution is -2.45. The minimum absolute atomic E-state index is 0.0114. The van der Waals surface area contributed by atoms with Crippen LogP contribution in [0.1, 0.15) is 438 Å². The number of nitrogens with one attached hydrogen (secondary N) is 1. The van der Waals surface area contributed by atoms with Gasteiger partial charge in [-0.25, -0.2) is 0 Å². The third-order valence-corrected chi connectivity index (χ3v) is 18.2. The predicted molar refractivity (Wildman–Crippen MR) is 370 cm³/mol. The molecule has 6 nitrogen and oxygen atoms in total. The van der Waals surface area contributed by atoms with Crippen LogP contribution in [0.3, 0.4) is 0 Å². The van der Waals surface area contributed by atoms with Gasteiger partial charge >= 0.3 is 5.97 Å². The van der Waals surface area contributed by atoms with Gasteiger partial charge in [0.1, 0.15) is 0 Å². The SMILES string of the molecule is CCCCCCCCC/C=C\CCCCCCCC(=O)OCCCCCCCCCCCCCCCCCCCCCCCCCCCCCC(=O)NC(CO)C(O)/C=C/CCCCCCCCCCCCCCCCCCCCCCCC. The van der Waals surface area contributed by atoms with Crippen LogP contribution >= 0.6 is 0 Å². The second-order valence-electron chi connectivity index (χ2n) is 26.7. The number of allylic oxidation sites excluding steroid dienone is 3. The van der Waals surface area contributed by atoms with E-state index in [2.05, 4.69) is 31.3 Å². The molecule has 498 valence electrons. The number of unbranched alkanes of at least 4 members (excludes halogenated alkanes) is 60. The number of rotatable bonds is 73. The van der Waals surface area contributed by atoms with E-state index in [4.69, 9.17) is 4.74 Å². The van der Waals surface area contributed by atoms with Crippen LogP contribution in [0.25, 0.3) is 0 Å². The summed E-state index contributed by atoms with van der Waals surface area (Å²) in [5, 5.41) is 23.3. The first-order valence-electron chi connectivity index (χ1n) is 38.6. The molecule has 0 aromatic heterocycles. The lowest BCUT2D eigenvalue weighted by molar-refractivity contribution is -0.143. The Morgan fingerprint density at radius 2 is 0.560 bits per heavy atom. The molecular weight excluding hydrogens is 1030 g/mol. The highest BCUT2D eigenvalue weighted by molar-refractivity contribution is 5.76. The fraction of sp³-hybridized carbons (Fsp3) is 0.923. The lowest BCUT2D eigenvalue weighted by atomic mass is 10.0. The lowest BCUT2D eigenvalue weighted by Gasteiger charge is -2.20. The van der Waals surface area contributed by atoms with Crippen molar-refractivity contribution in [3.8, 4) is 0 Å². The maximum absolute atomic E-state index is 12.6. The first-order chi connectivity index (χ1) is 41.5. The molecular formula is C78H151NO5.